The monoisotopic (exact) mass is 389 g/mol. The number of carbonyl (C=O) groups is 1. The molecule has 0 atom stereocenters. The third-order valence-corrected chi connectivity index (χ3v) is 4.69. The number of pyridine rings is 1. The number of halogens is 1. The predicted molar refractivity (Wildman–Crippen MR) is 96.4 cm³/mol. The fraction of sp³-hybridized carbons (Fsp3) is 0.333. The van der Waals surface area contributed by atoms with Crippen LogP contribution in [0.15, 0.2) is 47.1 Å². The topological polar surface area (TPSA) is 54.5 Å². The van der Waals surface area contributed by atoms with E-state index in [9.17, 15) is 4.79 Å². The average Bonchev–Trinajstić information content (AvgIpc) is 2.62. The molecule has 24 heavy (non-hydrogen) atoms. The number of hydrogen-bond acceptors (Lipinski definition) is 4. The number of hydrogen-bond donors (Lipinski definition) is 1. The van der Waals surface area contributed by atoms with Crippen molar-refractivity contribution in [3.63, 3.8) is 0 Å². The van der Waals surface area contributed by atoms with E-state index in [0.717, 1.165) is 30.4 Å². The van der Waals surface area contributed by atoms with Crippen LogP contribution in [0.4, 0.5) is 0 Å². The van der Waals surface area contributed by atoms with E-state index in [0.29, 0.717) is 23.2 Å². The van der Waals surface area contributed by atoms with Crippen LogP contribution in [0.3, 0.4) is 0 Å². The smallest absolute Gasteiger partial charge is 0.255 e. The number of amides is 1. The van der Waals surface area contributed by atoms with E-state index < -0.39 is 0 Å². The number of benzene rings is 1. The molecule has 0 unspecified atom stereocenters. The fourth-order valence-electron chi connectivity index (χ4n) is 2.77. The van der Waals surface area contributed by atoms with Crippen LogP contribution >= 0.6 is 15.9 Å². The van der Waals surface area contributed by atoms with Gasteiger partial charge in [0, 0.05) is 35.9 Å². The third kappa shape index (κ3) is 4.13. The van der Waals surface area contributed by atoms with Gasteiger partial charge in [0.2, 0.25) is 5.88 Å². The molecule has 1 N–H and O–H groups in total. The molecular weight excluding hydrogens is 370 g/mol. The first-order valence-electron chi connectivity index (χ1n) is 8.02. The van der Waals surface area contributed by atoms with Crippen molar-refractivity contribution in [2.24, 2.45) is 0 Å². The summed E-state index contributed by atoms with van der Waals surface area (Å²) in [6.07, 6.45) is 3.55. The molecule has 0 bridgehead atoms. The minimum absolute atomic E-state index is 0.0334. The first-order chi connectivity index (χ1) is 11.7. The van der Waals surface area contributed by atoms with Gasteiger partial charge in [0.05, 0.1) is 5.56 Å². The highest BCUT2D eigenvalue weighted by Gasteiger charge is 2.22. The molecule has 0 saturated carbocycles. The third-order valence-electron chi connectivity index (χ3n) is 4.19. The van der Waals surface area contributed by atoms with Crippen LogP contribution in [0.25, 0.3) is 0 Å². The fourth-order valence-corrected chi connectivity index (χ4v) is 3.15. The molecule has 1 aromatic heterocycles. The van der Waals surface area contributed by atoms with Gasteiger partial charge in [-0.25, -0.2) is 4.98 Å². The highest BCUT2D eigenvalue weighted by molar-refractivity contribution is 9.10. The number of piperidine rings is 1. The molecular formula is C18H20BrN3O2. The number of ether oxygens (including phenoxy) is 1. The van der Waals surface area contributed by atoms with E-state index in [1.165, 1.54) is 0 Å². The minimum Gasteiger partial charge on any atom is -0.439 e. The van der Waals surface area contributed by atoms with Gasteiger partial charge in [-0.15, -0.1) is 0 Å². The second-order valence-electron chi connectivity index (χ2n) is 5.80. The number of likely N-dealkylation sites (tertiary alicyclic amines) is 1. The Hall–Kier alpha value is -1.92. The molecule has 5 nitrogen and oxygen atoms in total. The Labute approximate surface area is 150 Å². The maximum absolute atomic E-state index is 12.5. The van der Waals surface area contributed by atoms with Crippen molar-refractivity contribution in [2.45, 2.75) is 18.9 Å². The highest BCUT2D eigenvalue weighted by Crippen LogP contribution is 2.23. The number of nitrogens with one attached hydrogen (secondary N) is 1. The normalized spacial score (nSPS) is 15.3. The quantitative estimate of drug-likeness (QED) is 0.869. The standard InChI is InChI=1S/C18H20BrN3O2/c1-20-15-7-9-22(10-8-15)18(23)13-5-6-17(21-12-13)24-16-4-2-3-14(19)11-16/h2-6,11-12,15,20H,7-10H2,1H3. The van der Waals surface area contributed by atoms with Gasteiger partial charge >= 0.3 is 0 Å². The molecule has 1 aliphatic rings. The summed E-state index contributed by atoms with van der Waals surface area (Å²) in [6.45, 7) is 1.56. The van der Waals surface area contributed by atoms with Crippen molar-refractivity contribution in [2.75, 3.05) is 20.1 Å². The van der Waals surface area contributed by atoms with Gasteiger partial charge in [0.25, 0.3) is 5.91 Å². The average molecular weight is 390 g/mol. The molecule has 1 aromatic carbocycles. The van der Waals surface area contributed by atoms with E-state index in [1.54, 1.807) is 18.3 Å². The summed E-state index contributed by atoms with van der Waals surface area (Å²) in [5, 5.41) is 3.27. The maximum Gasteiger partial charge on any atom is 0.255 e. The summed E-state index contributed by atoms with van der Waals surface area (Å²) >= 11 is 3.40. The Morgan fingerprint density at radius 2 is 2.08 bits per heavy atom. The van der Waals surface area contributed by atoms with Crippen LogP contribution in [0.5, 0.6) is 11.6 Å². The van der Waals surface area contributed by atoms with E-state index in [-0.39, 0.29) is 5.91 Å². The van der Waals surface area contributed by atoms with E-state index in [2.05, 4.69) is 26.2 Å². The van der Waals surface area contributed by atoms with Gasteiger partial charge in [-0.3, -0.25) is 4.79 Å². The summed E-state index contributed by atoms with van der Waals surface area (Å²) in [7, 11) is 1.97. The Kier molecular flexibility index (Phi) is 5.48. The molecule has 0 spiro atoms. The SMILES string of the molecule is CNC1CCN(C(=O)c2ccc(Oc3cccc(Br)c3)nc2)CC1. The van der Waals surface area contributed by atoms with Crippen LogP contribution in [0.1, 0.15) is 23.2 Å². The summed E-state index contributed by atoms with van der Waals surface area (Å²) in [6, 6.07) is 11.6. The Balaban J connectivity index is 1.63. The van der Waals surface area contributed by atoms with E-state index in [1.807, 2.05) is 36.2 Å². The minimum atomic E-state index is 0.0334. The maximum atomic E-state index is 12.5. The second kappa shape index (κ2) is 7.77. The van der Waals surface area contributed by atoms with Crippen LogP contribution in [0.2, 0.25) is 0 Å². The van der Waals surface area contributed by atoms with Gasteiger partial charge in [0.1, 0.15) is 5.75 Å². The number of aromatic nitrogens is 1. The van der Waals surface area contributed by atoms with E-state index in [4.69, 9.17) is 4.74 Å². The summed E-state index contributed by atoms with van der Waals surface area (Å²) < 4.78 is 6.64. The summed E-state index contributed by atoms with van der Waals surface area (Å²) in [5.41, 5.74) is 0.597. The lowest BCUT2D eigenvalue weighted by atomic mass is 10.0. The van der Waals surface area contributed by atoms with Crippen LogP contribution < -0.4 is 10.1 Å². The number of carbonyl (C=O) groups excluding carboxylic acids is 1. The van der Waals surface area contributed by atoms with Crippen molar-refractivity contribution >= 4 is 21.8 Å². The molecule has 1 fully saturated rings. The zero-order valence-corrected chi connectivity index (χ0v) is 15.1. The molecule has 1 amide bonds. The lowest BCUT2D eigenvalue weighted by Crippen LogP contribution is -2.43. The van der Waals surface area contributed by atoms with Gasteiger partial charge < -0.3 is 15.0 Å². The molecule has 1 aliphatic heterocycles. The van der Waals surface area contributed by atoms with Crippen molar-refractivity contribution in [3.05, 3.63) is 52.6 Å². The zero-order valence-electron chi connectivity index (χ0n) is 13.5. The summed E-state index contributed by atoms with van der Waals surface area (Å²) in [5.74, 6) is 1.20. The van der Waals surface area contributed by atoms with Crippen LogP contribution in [-0.2, 0) is 0 Å². The van der Waals surface area contributed by atoms with Crippen molar-refractivity contribution in [1.82, 2.24) is 15.2 Å². The Bertz CT molecular complexity index is 698. The Morgan fingerprint density at radius 3 is 2.71 bits per heavy atom. The van der Waals surface area contributed by atoms with Gasteiger partial charge in [0.15, 0.2) is 0 Å². The largest absolute Gasteiger partial charge is 0.439 e. The molecule has 2 aromatic rings. The van der Waals surface area contributed by atoms with Gasteiger partial charge in [-0.05, 0) is 44.2 Å². The van der Waals surface area contributed by atoms with Crippen molar-refractivity contribution < 1.29 is 9.53 Å². The van der Waals surface area contributed by atoms with Crippen molar-refractivity contribution in [3.8, 4) is 11.6 Å². The van der Waals surface area contributed by atoms with Crippen molar-refractivity contribution in [1.29, 1.82) is 0 Å². The molecule has 2 heterocycles. The van der Waals surface area contributed by atoms with Crippen LogP contribution in [-0.4, -0.2) is 42.0 Å². The number of nitrogens with zero attached hydrogens (tertiary/aromatic N) is 2. The lowest BCUT2D eigenvalue weighted by Gasteiger charge is -2.31. The second-order valence-corrected chi connectivity index (χ2v) is 6.72. The van der Waals surface area contributed by atoms with E-state index >= 15 is 0 Å². The first kappa shape index (κ1) is 16.9. The lowest BCUT2D eigenvalue weighted by molar-refractivity contribution is 0.0707. The van der Waals surface area contributed by atoms with Crippen LogP contribution in [0, 0.1) is 0 Å². The molecule has 0 aliphatic carbocycles. The number of rotatable bonds is 4. The first-order valence-corrected chi connectivity index (χ1v) is 8.81. The molecule has 0 radical (unpaired) electrons. The predicted octanol–water partition coefficient (Wildman–Crippen LogP) is 3.46. The van der Waals surface area contributed by atoms with Gasteiger partial charge in [-0.2, -0.15) is 0 Å². The molecule has 3 rings (SSSR count). The van der Waals surface area contributed by atoms with Gasteiger partial charge in [-0.1, -0.05) is 22.0 Å². The molecule has 6 heteroatoms. The Morgan fingerprint density at radius 1 is 1.29 bits per heavy atom. The molecule has 126 valence electrons. The molecule has 1 saturated heterocycles. The highest BCUT2D eigenvalue weighted by atomic mass is 79.9. The summed E-state index contributed by atoms with van der Waals surface area (Å²) in [4.78, 5) is 18.7. The zero-order chi connectivity index (χ0) is 16.9.